The Hall–Kier alpha value is -1.02. The van der Waals surface area contributed by atoms with E-state index in [2.05, 4.69) is 29.2 Å². The zero-order valence-electron chi connectivity index (χ0n) is 11.4. The van der Waals surface area contributed by atoms with E-state index < -0.39 is 0 Å². The topological polar surface area (TPSA) is 29.3 Å². The third-order valence-corrected chi connectivity index (χ3v) is 3.84. The van der Waals surface area contributed by atoms with Gasteiger partial charge in [-0.1, -0.05) is 31.0 Å². The van der Waals surface area contributed by atoms with Crippen molar-refractivity contribution in [1.29, 1.82) is 0 Å². The van der Waals surface area contributed by atoms with Crippen LogP contribution in [0.3, 0.4) is 0 Å². The van der Waals surface area contributed by atoms with Crippen molar-refractivity contribution >= 4 is 5.69 Å². The van der Waals surface area contributed by atoms with Crippen molar-refractivity contribution in [1.82, 2.24) is 0 Å². The lowest BCUT2D eigenvalue weighted by Crippen LogP contribution is -2.25. The minimum absolute atomic E-state index is 0.840. The highest BCUT2D eigenvalue weighted by Crippen LogP contribution is 2.26. The maximum atomic E-state index is 5.53. The minimum atomic E-state index is 0.840. The standard InChI is InChI=1S/C16H26N2/c17-12-6-1-2-7-13-18-14-8-5-10-15-9-3-4-11-16(15)18/h3-4,9,11H,1-2,5-8,10,12-14,17H2. The fourth-order valence-corrected chi connectivity index (χ4v) is 2.80. The summed E-state index contributed by atoms with van der Waals surface area (Å²) in [7, 11) is 0. The first-order chi connectivity index (χ1) is 8.92. The molecule has 2 heteroatoms. The van der Waals surface area contributed by atoms with Gasteiger partial charge in [0.05, 0.1) is 0 Å². The van der Waals surface area contributed by atoms with E-state index in [-0.39, 0.29) is 0 Å². The molecule has 1 heterocycles. The lowest BCUT2D eigenvalue weighted by Gasteiger charge is -2.24. The van der Waals surface area contributed by atoms with Gasteiger partial charge in [0.2, 0.25) is 0 Å². The summed E-state index contributed by atoms with van der Waals surface area (Å²) in [6.07, 6.45) is 8.99. The van der Waals surface area contributed by atoms with Gasteiger partial charge >= 0.3 is 0 Å². The van der Waals surface area contributed by atoms with Gasteiger partial charge in [0.25, 0.3) is 0 Å². The van der Waals surface area contributed by atoms with Crippen molar-refractivity contribution in [2.24, 2.45) is 5.73 Å². The van der Waals surface area contributed by atoms with E-state index in [1.165, 1.54) is 69.3 Å². The Labute approximate surface area is 111 Å². The molecule has 1 aromatic carbocycles. The van der Waals surface area contributed by atoms with Crippen LogP contribution >= 0.6 is 0 Å². The molecule has 0 amide bonds. The molecule has 0 atom stereocenters. The molecular formula is C16H26N2. The molecular weight excluding hydrogens is 220 g/mol. The molecule has 0 aliphatic carbocycles. The number of para-hydroxylation sites is 1. The maximum absolute atomic E-state index is 5.53. The summed E-state index contributed by atoms with van der Waals surface area (Å²) in [5, 5.41) is 0. The van der Waals surface area contributed by atoms with Gasteiger partial charge in [-0.25, -0.2) is 0 Å². The fraction of sp³-hybridized carbons (Fsp3) is 0.625. The van der Waals surface area contributed by atoms with E-state index in [0.717, 1.165) is 6.54 Å². The van der Waals surface area contributed by atoms with Gasteiger partial charge in [-0.05, 0) is 50.3 Å². The average molecular weight is 246 g/mol. The van der Waals surface area contributed by atoms with Gasteiger partial charge in [-0.15, -0.1) is 0 Å². The molecule has 2 N–H and O–H groups in total. The monoisotopic (exact) mass is 246 g/mol. The molecule has 2 rings (SSSR count). The molecule has 0 fully saturated rings. The molecule has 0 saturated carbocycles. The number of fused-ring (bicyclic) bond motifs is 1. The molecule has 0 bridgehead atoms. The number of rotatable bonds is 6. The predicted octanol–water partition coefficient (Wildman–Crippen LogP) is 3.35. The van der Waals surface area contributed by atoms with Crippen molar-refractivity contribution in [3.8, 4) is 0 Å². The van der Waals surface area contributed by atoms with Crippen LogP contribution in [-0.2, 0) is 6.42 Å². The maximum Gasteiger partial charge on any atom is 0.0398 e. The zero-order valence-corrected chi connectivity index (χ0v) is 11.4. The van der Waals surface area contributed by atoms with Crippen LogP contribution in [0.2, 0.25) is 0 Å². The van der Waals surface area contributed by atoms with E-state index in [1.54, 1.807) is 0 Å². The Morgan fingerprint density at radius 3 is 2.72 bits per heavy atom. The molecule has 2 nitrogen and oxygen atoms in total. The Kier molecular flexibility index (Phi) is 5.53. The molecule has 1 aliphatic heterocycles. The lowest BCUT2D eigenvalue weighted by molar-refractivity contribution is 0.621. The third-order valence-electron chi connectivity index (χ3n) is 3.84. The second kappa shape index (κ2) is 7.42. The Balaban J connectivity index is 1.88. The van der Waals surface area contributed by atoms with E-state index in [1.807, 2.05) is 0 Å². The molecule has 1 aromatic rings. The van der Waals surface area contributed by atoms with E-state index in [4.69, 9.17) is 5.73 Å². The summed E-state index contributed by atoms with van der Waals surface area (Å²) in [6.45, 7) is 3.28. The van der Waals surface area contributed by atoms with Crippen LogP contribution in [0.15, 0.2) is 24.3 Å². The van der Waals surface area contributed by atoms with E-state index >= 15 is 0 Å². The summed E-state index contributed by atoms with van der Waals surface area (Å²) < 4.78 is 0. The van der Waals surface area contributed by atoms with Crippen LogP contribution in [0.25, 0.3) is 0 Å². The molecule has 100 valence electrons. The molecule has 1 aliphatic rings. The summed E-state index contributed by atoms with van der Waals surface area (Å²) in [6, 6.07) is 8.93. The second-order valence-corrected chi connectivity index (χ2v) is 5.28. The minimum Gasteiger partial charge on any atom is -0.371 e. The third kappa shape index (κ3) is 3.74. The summed E-state index contributed by atoms with van der Waals surface area (Å²) in [5.74, 6) is 0. The van der Waals surface area contributed by atoms with Gasteiger partial charge in [0.15, 0.2) is 0 Å². The number of nitrogens with zero attached hydrogens (tertiary/aromatic N) is 1. The highest BCUT2D eigenvalue weighted by atomic mass is 15.1. The van der Waals surface area contributed by atoms with Crippen LogP contribution in [0.5, 0.6) is 0 Å². The SMILES string of the molecule is NCCCCCCN1CCCCc2ccccc21. The molecule has 0 saturated heterocycles. The van der Waals surface area contributed by atoms with E-state index in [0.29, 0.717) is 0 Å². The van der Waals surface area contributed by atoms with Crippen molar-refractivity contribution in [3.63, 3.8) is 0 Å². The van der Waals surface area contributed by atoms with Gasteiger partial charge < -0.3 is 10.6 Å². The highest BCUT2D eigenvalue weighted by Gasteiger charge is 2.13. The molecule has 0 unspecified atom stereocenters. The molecule has 0 aromatic heterocycles. The smallest absolute Gasteiger partial charge is 0.0398 e. The summed E-state index contributed by atoms with van der Waals surface area (Å²) in [4.78, 5) is 2.59. The Morgan fingerprint density at radius 2 is 1.83 bits per heavy atom. The zero-order chi connectivity index (χ0) is 12.6. The number of unbranched alkanes of at least 4 members (excludes halogenated alkanes) is 3. The fourth-order valence-electron chi connectivity index (χ4n) is 2.80. The Morgan fingerprint density at radius 1 is 1.00 bits per heavy atom. The van der Waals surface area contributed by atoms with Gasteiger partial charge in [-0.2, -0.15) is 0 Å². The van der Waals surface area contributed by atoms with E-state index in [9.17, 15) is 0 Å². The summed E-state index contributed by atoms with van der Waals surface area (Å²) >= 11 is 0. The van der Waals surface area contributed by atoms with Crippen molar-refractivity contribution in [2.45, 2.75) is 44.9 Å². The van der Waals surface area contributed by atoms with Crippen LogP contribution < -0.4 is 10.6 Å². The van der Waals surface area contributed by atoms with Gasteiger partial charge in [0.1, 0.15) is 0 Å². The first-order valence-electron chi connectivity index (χ1n) is 7.45. The van der Waals surface area contributed by atoms with Crippen molar-refractivity contribution < 1.29 is 0 Å². The normalized spacial score (nSPS) is 15.3. The van der Waals surface area contributed by atoms with Crippen LogP contribution in [0.4, 0.5) is 5.69 Å². The number of anilines is 1. The number of hydrogen-bond donors (Lipinski definition) is 1. The summed E-state index contributed by atoms with van der Waals surface area (Å²) in [5.41, 5.74) is 8.55. The largest absolute Gasteiger partial charge is 0.371 e. The van der Waals surface area contributed by atoms with Crippen LogP contribution in [0, 0.1) is 0 Å². The molecule has 0 spiro atoms. The average Bonchev–Trinajstić information content (AvgIpc) is 2.61. The number of hydrogen-bond acceptors (Lipinski definition) is 2. The number of benzene rings is 1. The van der Waals surface area contributed by atoms with Crippen LogP contribution in [0.1, 0.15) is 44.1 Å². The van der Waals surface area contributed by atoms with Crippen molar-refractivity contribution in [2.75, 3.05) is 24.5 Å². The quantitative estimate of drug-likeness (QED) is 0.780. The number of nitrogens with two attached hydrogens (primary N) is 1. The highest BCUT2D eigenvalue weighted by molar-refractivity contribution is 5.54. The second-order valence-electron chi connectivity index (χ2n) is 5.28. The predicted molar refractivity (Wildman–Crippen MR) is 79.1 cm³/mol. The van der Waals surface area contributed by atoms with Crippen molar-refractivity contribution in [3.05, 3.63) is 29.8 Å². The van der Waals surface area contributed by atoms with Gasteiger partial charge in [-0.3, -0.25) is 0 Å². The van der Waals surface area contributed by atoms with Gasteiger partial charge in [0, 0.05) is 18.8 Å². The number of aryl methyl sites for hydroxylation is 1. The first kappa shape index (κ1) is 13.4. The Bertz CT molecular complexity index is 349. The lowest BCUT2D eigenvalue weighted by atomic mass is 10.1. The molecule has 0 radical (unpaired) electrons. The van der Waals surface area contributed by atoms with Crippen LogP contribution in [-0.4, -0.2) is 19.6 Å². The molecule has 18 heavy (non-hydrogen) atoms. The first-order valence-corrected chi connectivity index (χ1v) is 7.45.